The van der Waals surface area contributed by atoms with Crippen LogP contribution < -0.4 is 4.73 Å². The predicted molar refractivity (Wildman–Crippen MR) is 51.6 cm³/mol. The summed E-state index contributed by atoms with van der Waals surface area (Å²) in [5.74, 6) is -0.825. The van der Waals surface area contributed by atoms with Crippen LogP contribution in [0.5, 0.6) is 0 Å². The predicted octanol–water partition coefficient (Wildman–Crippen LogP) is 0.472. The Bertz CT molecular complexity index is 635. The van der Waals surface area contributed by atoms with Crippen molar-refractivity contribution in [3.05, 3.63) is 23.4 Å². The first-order valence-corrected chi connectivity index (χ1v) is 6.47. The number of fused-ring (bicyclic) bond motifs is 1. The fraction of sp³-hybridized carbons (Fsp3) is 0.143. The van der Waals surface area contributed by atoms with Gasteiger partial charge in [0.1, 0.15) is 10.2 Å². The van der Waals surface area contributed by atoms with Crippen molar-refractivity contribution in [2.24, 2.45) is 0 Å². The molecule has 2 aromatic heterocycles. The molecule has 15 heavy (non-hydrogen) atoms. The lowest BCUT2D eigenvalue weighted by atomic mass is 10.4. The molecule has 2 rings (SSSR count). The quantitative estimate of drug-likeness (QED) is 0.543. The molecule has 0 fully saturated rings. The van der Waals surface area contributed by atoms with Gasteiger partial charge in [0.15, 0.2) is 6.20 Å². The minimum atomic E-state index is -3.46. The average molecular weight is 248 g/mol. The van der Waals surface area contributed by atoms with E-state index >= 15 is 0 Å². The smallest absolute Gasteiger partial charge is 0.218 e. The first-order valence-electron chi connectivity index (χ1n) is 3.77. The number of sulfone groups is 1. The van der Waals surface area contributed by atoms with Crippen molar-refractivity contribution in [1.82, 2.24) is 4.98 Å². The van der Waals surface area contributed by atoms with Gasteiger partial charge in [0.2, 0.25) is 26.2 Å². The maximum atomic E-state index is 13.2. The van der Waals surface area contributed by atoms with Crippen molar-refractivity contribution < 1.29 is 17.5 Å². The van der Waals surface area contributed by atoms with E-state index in [0.717, 1.165) is 23.8 Å². The van der Waals surface area contributed by atoms with Crippen LogP contribution in [0.25, 0.3) is 10.2 Å². The normalized spacial score (nSPS) is 12.1. The zero-order valence-corrected chi connectivity index (χ0v) is 9.10. The Kier molecular flexibility index (Phi) is 2.12. The van der Waals surface area contributed by atoms with Crippen LogP contribution in [0.1, 0.15) is 0 Å². The van der Waals surface area contributed by atoms with Crippen LogP contribution >= 0.6 is 11.3 Å². The third-order valence-electron chi connectivity index (χ3n) is 1.66. The van der Waals surface area contributed by atoms with Crippen LogP contribution in [-0.2, 0) is 9.84 Å². The zero-order valence-electron chi connectivity index (χ0n) is 7.47. The molecule has 5 nitrogen and oxygen atoms in total. The van der Waals surface area contributed by atoms with Gasteiger partial charge in [0.05, 0.1) is 0 Å². The van der Waals surface area contributed by atoms with Gasteiger partial charge < -0.3 is 5.21 Å². The Morgan fingerprint density at radius 3 is 2.80 bits per heavy atom. The Morgan fingerprint density at radius 1 is 1.53 bits per heavy atom. The fourth-order valence-corrected chi connectivity index (χ4v) is 2.91. The lowest BCUT2D eigenvalue weighted by molar-refractivity contribution is -0.605. The van der Waals surface area contributed by atoms with E-state index in [-0.39, 0.29) is 19.3 Å². The molecule has 0 amide bonds. The van der Waals surface area contributed by atoms with Gasteiger partial charge in [-0.05, 0) is 0 Å². The molecule has 0 spiro atoms. The summed E-state index contributed by atoms with van der Waals surface area (Å²) >= 11 is 0.773. The van der Waals surface area contributed by atoms with Gasteiger partial charge in [0, 0.05) is 6.26 Å². The lowest BCUT2D eigenvalue weighted by Crippen LogP contribution is -2.24. The van der Waals surface area contributed by atoms with E-state index in [9.17, 15) is 18.0 Å². The molecule has 0 bridgehead atoms. The number of thiazole rings is 1. The molecular formula is C7H5FN2O3S2. The third-order valence-corrected chi connectivity index (χ3v) is 4.33. The number of halogens is 1. The van der Waals surface area contributed by atoms with Gasteiger partial charge in [-0.1, -0.05) is 11.3 Å². The van der Waals surface area contributed by atoms with Gasteiger partial charge in [-0.25, -0.2) is 13.4 Å². The van der Waals surface area contributed by atoms with Gasteiger partial charge in [-0.15, -0.1) is 0 Å². The molecule has 0 radical (unpaired) electrons. The average Bonchev–Trinajstić information content (AvgIpc) is 2.46. The summed E-state index contributed by atoms with van der Waals surface area (Å²) in [7, 11) is -3.46. The lowest BCUT2D eigenvalue weighted by Gasteiger charge is -1.93. The monoisotopic (exact) mass is 248 g/mol. The highest BCUT2D eigenvalue weighted by atomic mass is 32.2. The van der Waals surface area contributed by atoms with Crippen molar-refractivity contribution in [3.63, 3.8) is 0 Å². The van der Waals surface area contributed by atoms with Gasteiger partial charge in [0.25, 0.3) is 0 Å². The molecule has 0 atom stereocenters. The molecular weight excluding hydrogens is 243 g/mol. The van der Waals surface area contributed by atoms with E-state index in [4.69, 9.17) is 0 Å². The molecule has 0 aromatic carbocycles. The SMILES string of the molecule is CS(=O)(=O)c1nc2c(F)c[n+]([O-])cc2s1. The fourth-order valence-electron chi connectivity index (χ4n) is 1.05. The highest BCUT2D eigenvalue weighted by molar-refractivity contribution is 7.92. The Labute approximate surface area is 88.3 Å². The van der Waals surface area contributed by atoms with E-state index in [1.807, 2.05) is 0 Å². The minimum Gasteiger partial charge on any atom is -0.619 e. The summed E-state index contributed by atoms with van der Waals surface area (Å²) in [5, 5.41) is 10.9. The second-order valence-electron chi connectivity index (χ2n) is 2.93. The zero-order chi connectivity index (χ0) is 11.2. The first-order chi connectivity index (χ1) is 6.88. The van der Waals surface area contributed by atoms with Crippen molar-refractivity contribution >= 4 is 31.4 Å². The number of aromatic nitrogens is 2. The summed E-state index contributed by atoms with van der Waals surface area (Å²) in [6.07, 6.45) is 2.77. The molecule has 0 aliphatic rings. The maximum absolute atomic E-state index is 13.2. The van der Waals surface area contributed by atoms with Crippen LogP contribution in [0.3, 0.4) is 0 Å². The van der Waals surface area contributed by atoms with Crippen molar-refractivity contribution in [1.29, 1.82) is 0 Å². The molecule has 0 aliphatic carbocycles. The highest BCUT2D eigenvalue weighted by Crippen LogP contribution is 2.25. The maximum Gasteiger partial charge on any atom is 0.218 e. The van der Waals surface area contributed by atoms with Crippen molar-refractivity contribution in [2.75, 3.05) is 6.26 Å². The number of nitrogens with zero attached hydrogens (tertiary/aromatic N) is 2. The molecule has 0 saturated heterocycles. The molecule has 2 aromatic rings. The molecule has 0 unspecified atom stereocenters. The Morgan fingerprint density at radius 2 is 2.20 bits per heavy atom. The third kappa shape index (κ3) is 1.77. The van der Waals surface area contributed by atoms with Crippen LogP contribution in [0.2, 0.25) is 0 Å². The van der Waals surface area contributed by atoms with E-state index in [1.54, 1.807) is 0 Å². The Hall–Kier alpha value is -1.28. The summed E-state index contributed by atoms with van der Waals surface area (Å²) in [6.45, 7) is 0. The second kappa shape index (κ2) is 3.11. The molecule has 0 N–H and O–H groups in total. The minimum absolute atomic E-state index is 0.0903. The molecule has 2 heterocycles. The van der Waals surface area contributed by atoms with Gasteiger partial charge in [-0.3, -0.25) is 0 Å². The van der Waals surface area contributed by atoms with E-state index in [2.05, 4.69) is 4.98 Å². The van der Waals surface area contributed by atoms with Crippen molar-refractivity contribution in [3.8, 4) is 0 Å². The number of pyridine rings is 1. The van der Waals surface area contributed by atoms with Crippen LogP contribution in [0, 0.1) is 11.0 Å². The van der Waals surface area contributed by atoms with Crippen LogP contribution in [-0.4, -0.2) is 19.7 Å². The highest BCUT2D eigenvalue weighted by Gasteiger charge is 2.18. The van der Waals surface area contributed by atoms with Crippen LogP contribution in [0.15, 0.2) is 16.7 Å². The summed E-state index contributed by atoms with van der Waals surface area (Å²) < 4.78 is 35.8. The number of hydrogen-bond acceptors (Lipinski definition) is 5. The summed E-state index contributed by atoms with van der Waals surface area (Å²) in [6, 6.07) is 0. The summed E-state index contributed by atoms with van der Waals surface area (Å²) in [5.41, 5.74) is -0.0903. The van der Waals surface area contributed by atoms with Crippen molar-refractivity contribution in [2.45, 2.75) is 4.34 Å². The van der Waals surface area contributed by atoms with Crippen LogP contribution in [0.4, 0.5) is 4.39 Å². The molecule has 0 aliphatic heterocycles. The Balaban J connectivity index is 2.82. The standard InChI is InChI=1S/C7H5FN2O3S2/c1-15(12,13)7-9-6-4(8)2-10(11)3-5(6)14-7/h2-3H,1H3. The van der Waals surface area contributed by atoms with Gasteiger partial charge >= 0.3 is 0 Å². The van der Waals surface area contributed by atoms with E-state index in [1.165, 1.54) is 0 Å². The molecule has 80 valence electrons. The molecule has 0 saturated carbocycles. The topological polar surface area (TPSA) is 74.0 Å². The number of hydrogen-bond donors (Lipinski definition) is 0. The van der Waals surface area contributed by atoms with E-state index in [0.29, 0.717) is 6.20 Å². The first kappa shape index (κ1) is 10.2. The van der Waals surface area contributed by atoms with E-state index < -0.39 is 15.7 Å². The second-order valence-corrected chi connectivity index (χ2v) is 6.15. The number of rotatable bonds is 1. The summed E-state index contributed by atoms with van der Waals surface area (Å²) in [4.78, 5) is 3.63. The van der Waals surface area contributed by atoms with Gasteiger partial charge in [-0.2, -0.15) is 9.12 Å². The largest absolute Gasteiger partial charge is 0.619 e. The molecule has 8 heteroatoms.